The van der Waals surface area contributed by atoms with Gasteiger partial charge in [0, 0.05) is 11.1 Å². The quantitative estimate of drug-likeness (QED) is 0.360. The number of amides is 1. The van der Waals surface area contributed by atoms with Crippen LogP contribution in [0.2, 0.25) is 0 Å². The Labute approximate surface area is 214 Å². The van der Waals surface area contributed by atoms with Crippen molar-refractivity contribution in [1.82, 2.24) is 0 Å². The minimum Gasteiger partial charge on any atom is -0.506 e. The van der Waals surface area contributed by atoms with E-state index in [-0.39, 0.29) is 39.2 Å². The average molecular weight is 528 g/mol. The molecule has 10 heteroatoms. The van der Waals surface area contributed by atoms with Gasteiger partial charge in [0.05, 0.1) is 17.1 Å². The Morgan fingerprint density at radius 2 is 1.84 bits per heavy atom. The van der Waals surface area contributed by atoms with Crippen LogP contribution in [-0.2, 0) is 15.7 Å². The van der Waals surface area contributed by atoms with Gasteiger partial charge in [-0.2, -0.15) is 13.2 Å². The van der Waals surface area contributed by atoms with Gasteiger partial charge < -0.3 is 14.3 Å². The van der Waals surface area contributed by atoms with E-state index in [2.05, 4.69) is 4.99 Å². The second kappa shape index (κ2) is 10.5. The first-order valence-corrected chi connectivity index (χ1v) is 11.9. The van der Waals surface area contributed by atoms with E-state index in [0.29, 0.717) is 5.56 Å². The van der Waals surface area contributed by atoms with E-state index in [1.807, 2.05) is 6.92 Å². The molecule has 0 aliphatic carbocycles. The lowest BCUT2D eigenvalue weighted by Gasteiger charge is -2.07. The minimum absolute atomic E-state index is 0.0387. The fraction of sp³-hybridized carbons (Fsp3) is 0.148. The number of thioether (sulfide) groups is 1. The van der Waals surface area contributed by atoms with Gasteiger partial charge >= 0.3 is 12.1 Å². The molecule has 1 aliphatic rings. The lowest BCUT2D eigenvalue weighted by Crippen LogP contribution is -2.14. The van der Waals surface area contributed by atoms with Crippen molar-refractivity contribution in [3.8, 4) is 11.3 Å². The number of halogens is 3. The normalized spacial score (nSPS) is 16.0. The van der Waals surface area contributed by atoms with Gasteiger partial charge in [-0.3, -0.25) is 4.79 Å². The van der Waals surface area contributed by atoms with E-state index in [9.17, 15) is 27.9 Å². The van der Waals surface area contributed by atoms with Gasteiger partial charge in [0.15, 0.2) is 0 Å². The molecule has 190 valence electrons. The largest absolute Gasteiger partial charge is 0.506 e. The number of rotatable bonds is 5. The highest BCUT2D eigenvalue weighted by molar-refractivity contribution is 8.18. The Balaban J connectivity index is 1.67. The predicted molar refractivity (Wildman–Crippen MR) is 134 cm³/mol. The number of hydrogen-bond donors (Lipinski definition) is 1. The van der Waals surface area contributed by atoms with Crippen LogP contribution in [0.5, 0.6) is 0 Å². The maximum atomic E-state index is 13.1. The van der Waals surface area contributed by atoms with Gasteiger partial charge in [-0.25, -0.2) is 9.79 Å². The van der Waals surface area contributed by atoms with Crippen LogP contribution in [0.3, 0.4) is 0 Å². The molecular formula is C27H20F3NO5S. The van der Waals surface area contributed by atoms with Crippen LogP contribution in [0, 0.1) is 6.92 Å². The first-order valence-electron chi connectivity index (χ1n) is 11.0. The molecule has 1 N–H and O–H groups in total. The third kappa shape index (κ3) is 5.86. The second-order valence-electron chi connectivity index (χ2n) is 7.92. The topological polar surface area (TPSA) is 89.1 Å². The van der Waals surface area contributed by atoms with Crippen molar-refractivity contribution in [2.75, 3.05) is 6.61 Å². The highest BCUT2D eigenvalue weighted by Gasteiger charge is 2.34. The molecule has 0 radical (unpaired) electrons. The lowest BCUT2D eigenvalue weighted by atomic mass is 10.1. The van der Waals surface area contributed by atoms with Crippen LogP contribution in [0.4, 0.5) is 13.2 Å². The summed E-state index contributed by atoms with van der Waals surface area (Å²) in [6, 6.07) is 14.4. The number of carbonyl (C=O) groups is 2. The number of carbonyl (C=O) groups excluding carboxylic acids is 2. The molecule has 37 heavy (non-hydrogen) atoms. The molecule has 0 spiro atoms. The fourth-order valence-electron chi connectivity index (χ4n) is 3.41. The minimum atomic E-state index is -4.50. The van der Waals surface area contributed by atoms with Gasteiger partial charge in [-0.15, -0.1) is 0 Å². The highest BCUT2D eigenvalue weighted by Crippen LogP contribution is 2.40. The molecule has 2 heterocycles. The maximum Gasteiger partial charge on any atom is 0.416 e. The molecule has 1 amide bonds. The Hall–Kier alpha value is -4.05. The summed E-state index contributed by atoms with van der Waals surface area (Å²) >= 11 is 0.870. The predicted octanol–water partition coefficient (Wildman–Crippen LogP) is 6.98. The van der Waals surface area contributed by atoms with E-state index in [4.69, 9.17) is 9.15 Å². The number of aliphatic imine (C=N–C) groups is 1. The van der Waals surface area contributed by atoms with Crippen molar-refractivity contribution < 1.29 is 37.0 Å². The number of aryl methyl sites for hydroxylation is 1. The van der Waals surface area contributed by atoms with Crippen molar-refractivity contribution in [3.63, 3.8) is 0 Å². The molecule has 0 bridgehead atoms. The smallest absolute Gasteiger partial charge is 0.416 e. The summed E-state index contributed by atoms with van der Waals surface area (Å²) in [4.78, 5) is 29.4. The number of furan rings is 1. The molecule has 2 aromatic carbocycles. The van der Waals surface area contributed by atoms with E-state index < -0.39 is 29.4 Å². The van der Waals surface area contributed by atoms with Gasteiger partial charge in [0.2, 0.25) is 0 Å². The van der Waals surface area contributed by atoms with Crippen molar-refractivity contribution in [1.29, 1.82) is 0 Å². The van der Waals surface area contributed by atoms with Crippen LogP contribution in [0.1, 0.15) is 34.2 Å². The van der Waals surface area contributed by atoms with E-state index in [0.717, 1.165) is 29.5 Å². The summed E-state index contributed by atoms with van der Waals surface area (Å²) in [5, 5.41) is 10.7. The van der Waals surface area contributed by atoms with Crippen LogP contribution in [-0.4, -0.2) is 28.6 Å². The number of nitrogens with zero attached hydrogens (tertiary/aromatic N) is 1. The first kappa shape index (κ1) is 26.0. The summed E-state index contributed by atoms with van der Waals surface area (Å²) in [7, 11) is 0. The van der Waals surface area contributed by atoms with E-state index in [1.165, 1.54) is 30.3 Å². The van der Waals surface area contributed by atoms with E-state index in [1.54, 1.807) is 31.2 Å². The van der Waals surface area contributed by atoms with Crippen LogP contribution >= 0.6 is 11.8 Å². The molecular weight excluding hydrogens is 507 g/mol. The number of alkyl halides is 3. The zero-order valence-corrected chi connectivity index (χ0v) is 20.4. The zero-order chi connectivity index (χ0) is 26.7. The first-order chi connectivity index (χ1) is 17.6. The van der Waals surface area contributed by atoms with Gasteiger partial charge in [0.25, 0.3) is 5.91 Å². The molecule has 6 nitrogen and oxygen atoms in total. The Kier molecular flexibility index (Phi) is 7.40. The second-order valence-corrected chi connectivity index (χ2v) is 8.95. The summed E-state index contributed by atoms with van der Waals surface area (Å²) in [6.45, 7) is 3.51. The van der Waals surface area contributed by atoms with Gasteiger partial charge in [-0.1, -0.05) is 41.6 Å². The molecule has 0 saturated carbocycles. The third-order valence-electron chi connectivity index (χ3n) is 5.25. The number of aliphatic hydroxyl groups is 1. The van der Waals surface area contributed by atoms with E-state index >= 15 is 0 Å². The average Bonchev–Trinajstić information content (AvgIpc) is 3.44. The zero-order valence-electron chi connectivity index (χ0n) is 19.6. The number of hydrogen-bond acceptors (Lipinski definition) is 6. The lowest BCUT2D eigenvalue weighted by molar-refractivity contribution is -0.138. The molecule has 4 rings (SSSR count). The number of esters is 1. The summed E-state index contributed by atoms with van der Waals surface area (Å²) in [5.74, 6) is -1.52. The van der Waals surface area contributed by atoms with Gasteiger partial charge in [0.1, 0.15) is 27.9 Å². The summed E-state index contributed by atoms with van der Waals surface area (Å²) in [6.07, 6.45) is -3.10. The SMILES string of the molecule is CCOC(=O)C1=C(O)/C(=C\c2ccc(-c3cccc(C(F)(F)F)c3)o2)SC1=NC(=O)c1ccc(C)cc1. The fourth-order valence-corrected chi connectivity index (χ4v) is 4.40. The molecule has 0 saturated heterocycles. The third-order valence-corrected chi connectivity index (χ3v) is 6.27. The standard InChI is InChI=1S/C27H20F3NO5S/c1-3-35-26(34)22-23(32)21(37-25(22)31-24(33)16-9-7-15(2)8-10-16)14-19-11-12-20(36-19)17-5-4-6-18(13-17)27(28,29)30/h4-14,32H,3H2,1-2H3/b21-14+,31-25?. The van der Waals surface area contributed by atoms with Crippen LogP contribution in [0.25, 0.3) is 17.4 Å². The maximum absolute atomic E-state index is 13.1. The molecule has 0 unspecified atom stereocenters. The Morgan fingerprint density at radius 1 is 1.11 bits per heavy atom. The molecule has 0 atom stereocenters. The van der Waals surface area contributed by atoms with Crippen LogP contribution in [0.15, 0.2) is 86.3 Å². The molecule has 1 aromatic heterocycles. The monoisotopic (exact) mass is 527 g/mol. The van der Waals surface area contributed by atoms with Gasteiger partial charge in [-0.05, 0) is 56.3 Å². The van der Waals surface area contributed by atoms with Crippen LogP contribution < -0.4 is 0 Å². The molecule has 0 fully saturated rings. The summed E-state index contributed by atoms with van der Waals surface area (Å²) in [5.41, 5.74) is 0.402. The van der Waals surface area contributed by atoms with Crippen molar-refractivity contribution in [2.45, 2.75) is 20.0 Å². The number of ether oxygens (including phenoxy) is 1. The number of benzene rings is 2. The van der Waals surface area contributed by atoms with Crippen molar-refractivity contribution in [3.05, 3.63) is 99.4 Å². The van der Waals surface area contributed by atoms with Crippen molar-refractivity contribution in [2.24, 2.45) is 4.99 Å². The summed E-state index contributed by atoms with van der Waals surface area (Å²) < 4.78 is 49.9. The molecule has 3 aromatic rings. The van der Waals surface area contributed by atoms with Crippen molar-refractivity contribution >= 4 is 34.8 Å². The number of aliphatic hydroxyl groups excluding tert-OH is 1. The Morgan fingerprint density at radius 3 is 2.51 bits per heavy atom. The Bertz CT molecular complexity index is 1450. The highest BCUT2D eigenvalue weighted by atomic mass is 32.2. The molecule has 1 aliphatic heterocycles.